The number of rotatable bonds is 5. The maximum absolute atomic E-state index is 10.9. The second-order valence-electron chi connectivity index (χ2n) is 6.71. The molecule has 25 heavy (non-hydrogen) atoms. The van der Waals surface area contributed by atoms with Crippen LogP contribution in [0.3, 0.4) is 0 Å². The summed E-state index contributed by atoms with van der Waals surface area (Å²) in [5.74, 6) is 2.15. The molecule has 0 radical (unpaired) electrons. The third-order valence-electron chi connectivity index (χ3n) is 4.31. The van der Waals surface area contributed by atoms with Gasteiger partial charge in [-0.15, -0.1) is 0 Å². The number of fused-ring (bicyclic) bond motifs is 1. The number of pyridine rings is 1. The lowest BCUT2D eigenvalue weighted by Crippen LogP contribution is -2.28. The fourth-order valence-electron chi connectivity index (χ4n) is 2.71. The molecule has 0 amide bonds. The van der Waals surface area contributed by atoms with E-state index in [2.05, 4.69) is 24.1 Å². The first-order valence-corrected chi connectivity index (χ1v) is 8.12. The Kier molecular flexibility index (Phi) is 4.48. The summed E-state index contributed by atoms with van der Waals surface area (Å²) >= 11 is 0. The number of hydrogen-bond acceptors (Lipinski definition) is 6. The third-order valence-corrected chi connectivity index (χ3v) is 4.31. The van der Waals surface area contributed by atoms with Gasteiger partial charge < -0.3 is 14.8 Å². The van der Waals surface area contributed by atoms with Gasteiger partial charge in [0.2, 0.25) is 0 Å². The van der Waals surface area contributed by atoms with Crippen LogP contribution in [0.25, 0.3) is 0 Å². The molecule has 1 aliphatic rings. The molecule has 2 heterocycles. The second-order valence-corrected chi connectivity index (χ2v) is 6.71. The van der Waals surface area contributed by atoms with Gasteiger partial charge in [0, 0.05) is 17.5 Å². The normalized spacial score (nSPS) is 13.4. The van der Waals surface area contributed by atoms with Gasteiger partial charge in [-0.2, -0.15) is 0 Å². The number of nitro groups is 1. The standard InChI is InChI=1S/C18H21N3O4/c1-12-8-17(19-10-14(12)21(22)23)20-11-18(2,3)13-4-5-15-16(9-13)25-7-6-24-15/h4-5,8-10H,6-7,11H2,1-3H3,(H,19,20). The van der Waals surface area contributed by atoms with E-state index in [9.17, 15) is 10.1 Å². The molecule has 0 unspecified atom stereocenters. The van der Waals surface area contributed by atoms with Gasteiger partial charge in [0.15, 0.2) is 11.5 Å². The predicted molar refractivity (Wildman–Crippen MR) is 94.6 cm³/mol. The fraction of sp³-hybridized carbons (Fsp3) is 0.389. The minimum absolute atomic E-state index is 0.0247. The topological polar surface area (TPSA) is 86.5 Å². The monoisotopic (exact) mass is 343 g/mol. The molecule has 0 bridgehead atoms. The number of ether oxygens (including phenoxy) is 2. The number of aromatic nitrogens is 1. The zero-order chi connectivity index (χ0) is 18.0. The summed E-state index contributed by atoms with van der Waals surface area (Å²) in [5, 5.41) is 14.1. The van der Waals surface area contributed by atoms with E-state index < -0.39 is 4.92 Å². The molecule has 3 rings (SSSR count). The molecule has 7 heteroatoms. The van der Waals surface area contributed by atoms with Crippen molar-refractivity contribution >= 4 is 11.5 Å². The molecule has 0 spiro atoms. The first-order chi connectivity index (χ1) is 11.9. The van der Waals surface area contributed by atoms with Crippen molar-refractivity contribution in [2.45, 2.75) is 26.2 Å². The van der Waals surface area contributed by atoms with Crippen LogP contribution < -0.4 is 14.8 Å². The maximum Gasteiger partial charge on any atom is 0.290 e. The van der Waals surface area contributed by atoms with E-state index >= 15 is 0 Å². The predicted octanol–water partition coefficient (Wildman–Crippen LogP) is 3.46. The zero-order valence-corrected chi connectivity index (χ0v) is 14.5. The lowest BCUT2D eigenvalue weighted by molar-refractivity contribution is -0.385. The van der Waals surface area contributed by atoms with Gasteiger partial charge >= 0.3 is 0 Å². The first kappa shape index (κ1) is 17.0. The molecule has 0 fully saturated rings. The molecule has 132 valence electrons. The van der Waals surface area contributed by atoms with E-state index in [4.69, 9.17) is 9.47 Å². The number of aryl methyl sites for hydroxylation is 1. The summed E-state index contributed by atoms with van der Waals surface area (Å²) in [6.45, 7) is 7.69. The number of anilines is 1. The minimum Gasteiger partial charge on any atom is -0.486 e. The van der Waals surface area contributed by atoms with E-state index in [-0.39, 0.29) is 11.1 Å². The SMILES string of the molecule is Cc1cc(NCC(C)(C)c2ccc3c(c2)OCCO3)ncc1[N+](=O)[O-]. The summed E-state index contributed by atoms with van der Waals surface area (Å²) in [6, 6.07) is 7.66. The van der Waals surface area contributed by atoms with Crippen molar-refractivity contribution in [1.29, 1.82) is 0 Å². The van der Waals surface area contributed by atoms with Crippen LogP contribution in [0.1, 0.15) is 25.0 Å². The van der Waals surface area contributed by atoms with Crippen LogP contribution in [0.15, 0.2) is 30.5 Å². The minimum atomic E-state index is -0.425. The molecule has 1 aromatic heterocycles. The quantitative estimate of drug-likeness (QED) is 0.661. The summed E-state index contributed by atoms with van der Waals surface area (Å²) in [6.07, 6.45) is 1.29. The second kappa shape index (κ2) is 6.58. The highest BCUT2D eigenvalue weighted by Crippen LogP contribution is 2.35. The molecule has 0 aliphatic carbocycles. The van der Waals surface area contributed by atoms with Gasteiger partial charge in [-0.25, -0.2) is 4.98 Å². The fourth-order valence-corrected chi connectivity index (χ4v) is 2.71. The summed E-state index contributed by atoms with van der Waals surface area (Å²) < 4.78 is 11.2. The third kappa shape index (κ3) is 3.65. The zero-order valence-electron chi connectivity index (χ0n) is 14.5. The Morgan fingerprint density at radius 2 is 1.96 bits per heavy atom. The molecule has 1 N–H and O–H groups in total. The van der Waals surface area contributed by atoms with Gasteiger partial charge in [0.05, 0.1) is 4.92 Å². The van der Waals surface area contributed by atoms with Crippen LogP contribution in [-0.4, -0.2) is 29.7 Å². The van der Waals surface area contributed by atoms with Crippen LogP contribution in [0, 0.1) is 17.0 Å². The Bertz CT molecular complexity index is 805. The van der Waals surface area contributed by atoms with Gasteiger partial charge in [0.1, 0.15) is 25.2 Å². The number of hydrogen-bond donors (Lipinski definition) is 1. The van der Waals surface area contributed by atoms with Crippen LogP contribution >= 0.6 is 0 Å². The Morgan fingerprint density at radius 3 is 2.64 bits per heavy atom. The summed E-state index contributed by atoms with van der Waals surface area (Å²) in [7, 11) is 0. The van der Waals surface area contributed by atoms with Crippen molar-refractivity contribution in [1.82, 2.24) is 4.98 Å². The maximum atomic E-state index is 10.9. The van der Waals surface area contributed by atoms with E-state index in [1.165, 1.54) is 6.20 Å². The van der Waals surface area contributed by atoms with Gasteiger partial charge in [-0.05, 0) is 30.7 Å². The molecule has 2 aromatic rings. The highest BCUT2D eigenvalue weighted by molar-refractivity contribution is 5.49. The Balaban J connectivity index is 1.73. The molecule has 0 saturated heterocycles. The van der Waals surface area contributed by atoms with Crippen molar-refractivity contribution in [2.24, 2.45) is 0 Å². The summed E-state index contributed by atoms with van der Waals surface area (Å²) in [5.41, 5.74) is 1.53. The van der Waals surface area contributed by atoms with Crippen LogP contribution in [-0.2, 0) is 5.41 Å². The number of benzene rings is 1. The highest BCUT2D eigenvalue weighted by atomic mass is 16.6. The van der Waals surface area contributed by atoms with Crippen molar-refractivity contribution in [3.63, 3.8) is 0 Å². The van der Waals surface area contributed by atoms with Gasteiger partial charge in [-0.3, -0.25) is 10.1 Å². The molecule has 0 atom stereocenters. The Labute approximate surface area is 146 Å². The molecular weight excluding hydrogens is 322 g/mol. The van der Waals surface area contributed by atoms with Crippen LogP contribution in [0.2, 0.25) is 0 Å². The molecular formula is C18H21N3O4. The van der Waals surface area contributed by atoms with Crippen molar-refractivity contribution in [2.75, 3.05) is 25.1 Å². The summed E-state index contributed by atoms with van der Waals surface area (Å²) in [4.78, 5) is 14.6. The van der Waals surface area contributed by atoms with E-state index in [1.54, 1.807) is 13.0 Å². The molecule has 1 aliphatic heterocycles. The van der Waals surface area contributed by atoms with Crippen LogP contribution in [0.4, 0.5) is 11.5 Å². The molecule has 1 aromatic carbocycles. The largest absolute Gasteiger partial charge is 0.486 e. The molecule has 0 saturated carbocycles. The van der Waals surface area contributed by atoms with Gasteiger partial charge in [-0.1, -0.05) is 19.9 Å². The number of nitrogens with one attached hydrogen (secondary N) is 1. The highest BCUT2D eigenvalue weighted by Gasteiger charge is 2.24. The van der Waals surface area contributed by atoms with E-state index in [0.717, 1.165) is 17.1 Å². The van der Waals surface area contributed by atoms with E-state index in [1.807, 2.05) is 18.2 Å². The Morgan fingerprint density at radius 1 is 1.24 bits per heavy atom. The van der Waals surface area contributed by atoms with Crippen molar-refractivity contribution in [3.05, 3.63) is 51.7 Å². The van der Waals surface area contributed by atoms with Crippen LogP contribution in [0.5, 0.6) is 11.5 Å². The molecule has 7 nitrogen and oxygen atoms in total. The van der Waals surface area contributed by atoms with Gasteiger partial charge in [0.25, 0.3) is 5.69 Å². The van der Waals surface area contributed by atoms with Crippen molar-refractivity contribution in [3.8, 4) is 11.5 Å². The van der Waals surface area contributed by atoms with E-state index in [0.29, 0.717) is 31.1 Å². The average Bonchev–Trinajstić information content (AvgIpc) is 2.59. The number of nitrogens with zero attached hydrogens (tertiary/aromatic N) is 2. The first-order valence-electron chi connectivity index (χ1n) is 8.12. The lowest BCUT2D eigenvalue weighted by Gasteiger charge is -2.28. The Hall–Kier alpha value is -2.83. The smallest absolute Gasteiger partial charge is 0.290 e. The average molecular weight is 343 g/mol. The lowest BCUT2D eigenvalue weighted by atomic mass is 9.84. The van der Waals surface area contributed by atoms with Crippen molar-refractivity contribution < 1.29 is 14.4 Å².